The van der Waals surface area contributed by atoms with E-state index in [0.29, 0.717) is 13.1 Å². The number of aryl methyl sites for hydroxylation is 1. The van der Waals surface area contributed by atoms with Gasteiger partial charge in [0.1, 0.15) is 11.5 Å². The average Bonchev–Trinajstić information content (AvgIpc) is 2.70. The fourth-order valence-corrected chi connectivity index (χ4v) is 1.59. The zero-order valence-corrected chi connectivity index (χ0v) is 9.60. The minimum atomic E-state index is -0.101. The van der Waals surface area contributed by atoms with Gasteiger partial charge in [-0.15, -0.1) is 0 Å². The van der Waals surface area contributed by atoms with Gasteiger partial charge in [0, 0.05) is 6.54 Å². The molecular weight excluding hydrogens is 218 g/mol. The molecule has 0 saturated carbocycles. The van der Waals surface area contributed by atoms with Crippen LogP contribution in [0.5, 0.6) is 11.5 Å². The molecule has 1 aromatic carbocycles. The Labute approximate surface area is 99.5 Å². The number of hydrogen-bond donors (Lipinski definition) is 3. The molecule has 0 fully saturated rings. The van der Waals surface area contributed by atoms with Gasteiger partial charge in [-0.05, 0) is 36.8 Å². The Morgan fingerprint density at radius 3 is 2.53 bits per heavy atom. The van der Waals surface area contributed by atoms with Gasteiger partial charge in [-0.25, -0.2) is 0 Å². The fourth-order valence-electron chi connectivity index (χ4n) is 1.59. The molecule has 0 radical (unpaired) electrons. The normalized spacial score (nSPS) is 10.6. The first-order chi connectivity index (χ1) is 8.15. The van der Waals surface area contributed by atoms with Crippen LogP contribution in [0.25, 0.3) is 0 Å². The summed E-state index contributed by atoms with van der Waals surface area (Å²) >= 11 is 0. The molecule has 0 saturated heterocycles. The number of aromatic hydroxyl groups is 2. The molecule has 2 aromatic rings. The maximum absolute atomic E-state index is 9.32. The molecule has 90 valence electrons. The first kappa shape index (κ1) is 11.5. The molecule has 0 atom stereocenters. The highest BCUT2D eigenvalue weighted by Crippen LogP contribution is 2.24. The van der Waals surface area contributed by atoms with Crippen molar-refractivity contribution in [3.05, 3.63) is 47.4 Å². The van der Waals surface area contributed by atoms with Gasteiger partial charge in [0.05, 0.1) is 6.54 Å². The number of benzene rings is 1. The zero-order valence-electron chi connectivity index (χ0n) is 9.60. The summed E-state index contributed by atoms with van der Waals surface area (Å²) in [6.45, 7) is 3.14. The molecule has 3 N–H and O–H groups in total. The van der Waals surface area contributed by atoms with E-state index in [9.17, 15) is 5.11 Å². The Bertz CT molecular complexity index is 505. The first-order valence-electron chi connectivity index (χ1n) is 5.42. The van der Waals surface area contributed by atoms with Gasteiger partial charge in [0.2, 0.25) is 0 Å². The van der Waals surface area contributed by atoms with Crippen LogP contribution in [0.4, 0.5) is 0 Å². The molecule has 17 heavy (non-hydrogen) atoms. The van der Waals surface area contributed by atoms with Crippen molar-refractivity contribution >= 4 is 0 Å². The topological polar surface area (TPSA) is 65.6 Å². The van der Waals surface area contributed by atoms with Crippen LogP contribution in [0, 0.1) is 6.92 Å². The lowest BCUT2D eigenvalue weighted by Crippen LogP contribution is -2.11. The second kappa shape index (κ2) is 4.93. The van der Waals surface area contributed by atoms with Crippen LogP contribution in [0.3, 0.4) is 0 Å². The van der Waals surface area contributed by atoms with Crippen molar-refractivity contribution < 1.29 is 14.6 Å². The summed E-state index contributed by atoms with van der Waals surface area (Å²) in [4.78, 5) is 0. The molecule has 0 amide bonds. The first-order valence-corrected chi connectivity index (χ1v) is 5.42. The highest BCUT2D eigenvalue weighted by Gasteiger charge is 2.01. The molecule has 1 heterocycles. The number of furan rings is 1. The van der Waals surface area contributed by atoms with Crippen LogP contribution >= 0.6 is 0 Å². The van der Waals surface area contributed by atoms with Crippen molar-refractivity contribution in [3.63, 3.8) is 0 Å². The molecule has 0 unspecified atom stereocenters. The zero-order chi connectivity index (χ0) is 12.3. The molecule has 4 heteroatoms. The van der Waals surface area contributed by atoms with E-state index in [-0.39, 0.29) is 11.5 Å². The number of phenolic OH excluding ortho intramolecular Hbond substituents is 2. The maximum Gasteiger partial charge on any atom is 0.157 e. The van der Waals surface area contributed by atoms with E-state index in [1.807, 2.05) is 19.1 Å². The molecule has 0 aliphatic heterocycles. The van der Waals surface area contributed by atoms with Gasteiger partial charge in [-0.2, -0.15) is 0 Å². The minimum Gasteiger partial charge on any atom is -0.504 e. The Balaban J connectivity index is 1.87. The summed E-state index contributed by atoms with van der Waals surface area (Å²) in [6.07, 6.45) is 0. The maximum atomic E-state index is 9.32. The van der Waals surface area contributed by atoms with Crippen LogP contribution in [0.1, 0.15) is 17.1 Å². The summed E-state index contributed by atoms with van der Waals surface area (Å²) in [5.74, 6) is 1.57. The van der Waals surface area contributed by atoms with Gasteiger partial charge < -0.3 is 19.9 Å². The monoisotopic (exact) mass is 233 g/mol. The third-order valence-electron chi connectivity index (χ3n) is 2.46. The van der Waals surface area contributed by atoms with Crippen molar-refractivity contribution in [1.29, 1.82) is 0 Å². The smallest absolute Gasteiger partial charge is 0.157 e. The van der Waals surface area contributed by atoms with Crippen molar-refractivity contribution in [2.24, 2.45) is 0 Å². The molecule has 4 nitrogen and oxygen atoms in total. The van der Waals surface area contributed by atoms with E-state index in [0.717, 1.165) is 17.1 Å². The Hall–Kier alpha value is -1.94. The van der Waals surface area contributed by atoms with E-state index >= 15 is 0 Å². The molecule has 2 rings (SSSR count). The fraction of sp³-hybridized carbons (Fsp3) is 0.231. The lowest BCUT2D eigenvalue weighted by Gasteiger charge is -2.04. The lowest BCUT2D eigenvalue weighted by molar-refractivity contribution is 0.402. The number of phenols is 2. The van der Waals surface area contributed by atoms with Crippen molar-refractivity contribution in [2.45, 2.75) is 20.0 Å². The highest BCUT2D eigenvalue weighted by molar-refractivity contribution is 5.40. The predicted molar refractivity (Wildman–Crippen MR) is 63.8 cm³/mol. The highest BCUT2D eigenvalue weighted by atomic mass is 16.3. The van der Waals surface area contributed by atoms with Crippen LogP contribution in [-0.4, -0.2) is 10.2 Å². The summed E-state index contributed by atoms with van der Waals surface area (Å²) in [6, 6.07) is 8.62. The quantitative estimate of drug-likeness (QED) is 0.709. The van der Waals surface area contributed by atoms with E-state index < -0.39 is 0 Å². The third kappa shape index (κ3) is 3.01. The largest absolute Gasteiger partial charge is 0.504 e. The summed E-state index contributed by atoms with van der Waals surface area (Å²) in [7, 11) is 0. The third-order valence-corrected chi connectivity index (χ3v) is 2.46. The summed E-state index contributed by atoms with van der Waals surface area (Å²) in [5.41, 5.74) is 0.906. The number of hydrogen-bond acceptors (Lipinski definition) is 4. The number of nitrogens with one attached hydrogen (secondary N) is 1. The standard InChI is InChI=1S/C13H15NO3/c1-9-2-4-11(17-9)8-14-7-10-3-5-12(15)13(16)6-10/h2-6,14-16H,7-8H2,1H3. The van der Waals surface area contributed by atoms with Crippen molar-refractivity contribution in [2.75, 3.05) is 0 Å². The van der Waals surface area contributed by atoms with Gasteiger partial charge in [0.25, 0.3) is 0 Å². The SMILES string of the molecule is Cc1ccc(CNCc2ccc(O)c(O)c2)o1. The van der Waals surface area contributed by atoms with Gasteiger partial charge in [0.15, 0.2) is 11.5 Å². The van der Waals surface area contributed by atoms with Crippen molar-refractivity contribution in [1.82, 2.24) is 5.32 Å². The summed E-state index contributed by atoms with van der Waals surface area (Å²) in [5, 5.41) is 21.7. The molecule has 0 bridgehead atoms. The molecular formula is C13H15NO3. The molecule has 0 aliphatic carbocycles. The Kier molecular flexibility index (Phi) is 3.35. The lowest BCUT2D eigenvalue weighted by atomic mass is 10.2. The van der Waals surface area contributed by atoms with E-state index in [2.05, 4.69) is 5.32 Å². The minimum absolute atomic E-state index is 0.0989. The summed E-state index contributed by atoms with van der Waals surface area (Å²) < 4.78 is 5.41. The predicted octanol–water partition coefficient (Wildman–Crippen LogP) is 2.29. The van der Waals surface area contributed by atoms with E-state index in [4.69, 9.17) is 9.52 Å². The Morgan fingerprint density at radius 1 is 1.06 bits per heavy atom. The number of rotatable bonds is 4. The molecule has 0 aliphatic rings. The second-order valence-electron chi connectivity index (χ2n) is 3.94. The van der Waals surface area contributed by atoms with Crippen LogP contribution in [0.15, 0.2) is 34.7 Å². The van der Waals surface area contributed by atoms with Crippen LogP contribution < -0.4 is 5.32 Å². The second-order valence-corrected chi connectivity index (χ2v) is 3.94. The van der Waals surface area contributed by atoms with Gasteiger partial charge in [-0.1, -0.05) is 6.07 Å². The van der Waals surface area contributed by atoms with E-state index in [1.165, 1.54) is 12.1 Å². The van der Waals surface area contributed by atoms with Crippen LogP contribution in [0.2, 0.25) is 0 Å². The van der Waals surface area contributed by atoms with Gasteiger partial charge >= 0.3 is 0 Å². The van der Waals surface area contributed by atoms with Crippen molar-refractivity contribution in [3.8, 4) is 11.5 Å². The Morgan fingerprint density at radius 2 is 1.88 bits per heavy atom. The molecule has 1 aromatic heterocycles. The van der Waals surface area contributed by atoms with E-state index in [1.54, 1.807) is 6.07 Å². The van der Waals surface area contributed by atoms with Crippen LogP contribution in [-0.2, 0) is 13.1 Å². The average molecular weight is 233 g/mol. The van der Waals surface area contributed by atoms with Gasteiger partial charge in [-0.3, -0.25) is 0 Å². The molecule has 0 spiro atoms.